The molecule has 0 aromatic heterocycles. The highest BCUT2D eigenvalue weighted by Gasteiger charge is 2.73. The zero-order chi connectivity index (χ0) is 14.4. The molecule has 1 aliphatic heterocycles. The van der Waals surface area contributed by atoms with Crippen molar-refractivity contribution in [2.45, 2.75) is 12.8 Å². The summed E-state index contributed by atoms with van der Waals surface area (Å²) in [5, 5.41) is 0. The Hall–Kier alpha value is -1.97. The summed E-state index contributed by atoms with van der Waals surface area (Å²) in [5.41, 5.74) is 0.709. The molecule has 1 heterocycles. The highest BCUT2D eigenvalue weighted by Crippen LogP contribution is 2.73. The van der Waals surface area contributed by atoms with Gasteiger partial charge in [-0.05, 0) is 54.4 Å². The van der Waals surface area contributed by atoms with Crippen LogP contribution in [0.1, 0.15) is 12.8 Å². The van der Waals surface area contributed by atoms with Crippen LogP contribution in [0.4, 0.5) is 10.1 Å². The Kier molecular flexibility index (Phi) is 1.91. The lowest BCUT2D eigenvalue weighted by molar-refractivity contribution is -0.123. The van der Waals surface area contributed by atoms with Crippen molar-refractivity contribution in [1.82, 2.24) is 0 Å². The van der Waals surface area contributed by atoms with Gasteiger partial charge in [0.05, 0.1) is 17.5 Å². The molecule has 1 spiro atoms. The molecule has 106 valence electrons. The molecule has 0 radical (unpaired) electrons. The summed E-state index contributed by atoms with van der Waals surface area (Å²) in [4.78, 5) is 26.8. The molecule has 2 saturated carbocycles. The van der Waals surface area contributed by atoms with Crippen molar-refractivity contribution in [2.75, 3.05) is 4.90 Å². The van der Waals surface area contributed by atoms with E-state index in [1.807, 2.05) is 0 Å². The lowest BCUT2D eigenvalue weighted by Gasteiger charge is -2.21. The number of allylic oxidation sites excluding steroid dienone is 2. The van der Waals surface area contributed by atoms with Gasteiger partial charge in [0.15, 0.2) is 0 Å². The molecule has 2 amide bonds. The van der Waals surface area contributed by atoms with E-state index in [0.29, 0.717) is 5.69 Å². The van der Waals surface area contributed by atoms with E-state index in [0.717, 1.165) is 12.8 Å². The molecule has 0 unspecified atom stereocenters. The summed E-state index contributed by atoms with van der Waals surface area (Å²) in [7, 11) is 0. The second-order valence-electron chi connectivity index (χ2n) is 6.71. The minimum atomic E-state index is -0.364. The van der Waals surface area contributed by atoms with Gasteiger partial charge in [0, 0.05) is 0 Å². The summed E-state index contributed by atoms with van der Waals surface area (Å²) in [6.45, 7) is 0. The van der Waals surface area contributed by atoms with Crippen LogP contribution in [-0.2, 0) is 9.59 Å². The normalized spacial score (nSPS) is 37.7. The Bertz CT molecular complexity index is 670. The van der Waals surface area contributed by atoms with Gasteiger partial charge in [-0.2, -0.15) is 0 Å². The Morgan fingerprint density at radius 3 is 1.95 bits per heavy atom. The monoisotopic (exact) mass is 283 g/mol. The lowest BCUT2D eigenvalue weighted by atomic mass is 9.85. The van der Waals surface area contributed by atoms with Gasteiger partial charge in [0.1, 0.15) is 5.82 Å². The van der Waals surface area contributed by atoms with Crippen LogP contribution in [0.3, 0.4) is 0 Å². The standard InChI is InChI=1S/C17H14FNO2/c18-9-1-3-10(4-2-9)19-15(20)13-11-5-6-12(14(13)16(19)21)17(11)7-8-17/h1-6,11-14H,7-8H2/t11-,12-,13+,14+/m1/s1. The Morgan fingerprint density at radius 2 is 1.48 bits per heavy atom. The summed E-state index contributed by atoms with van der Waals surface area (Å²) < 4.78 is 13.0. The summed E-state index contributed by atoms with van der Waals surface area (Å²) in [6, 6.07) is 5.60. The molecule has 3 aliphatic carbocycles. The number of rotatable bonds is 1. The number of hydrogen-bond acceptors (Lipinski definition) is 2. The van der Waals surface area contributed by atoms with Crippen LogP contribution in [0.25, 0.3) is 0 Å². The van der Waals surface area contributed by atoms with Crippen LogP contribution in [0.2, 0.25) is 0 Å². The fourth-order valence-electron chi connectivity index (χ4n) is 4.92. The van der Waals surface area contributed by atoms with Gasteiger partial charge in [0.2, 0.25) is 11.8 Å². The average molecular weight is 283 g/mol. The second-order valence-corrected chi connectivity index (χ2v) is 6.71. The molecule has 21 heavy (non-hydrogen) atoms. The van der Waals surface area contributed by atoms with Gasteiger partial charge in [-0.25, -0.2) is 4.39 Å². The maximum atomic E-state index is 13.0. The summed E-state index contributed by atoms with van der Waals surface area (Å²) in [6.07, 6.45) is 6.58. The van der Waals surface area contributed by atoms with Gasteiger partial charge in [0.25, 0.3) is 0 Å². The largest absolute Gasteiger partial charge is 0.274 e. The van der Waals surface area contributed by atoms with Gasteiger partial charge in [-0.1, -0.05) is 12.2 Å². The third-order valence-electron chi connectivity index (χ3n) is 5.94. The van der Waals surface area contributed by atoms with Crippen molar-refractivity contribution in [1.29, 1.82) is 0 Å². The molecular weight excluding hydrogens is 269 g/mol. The molecule has 3 fully saturated rings. The second kappa shape index (κ2) is 3.43. The van der Waals surface area contributed by atoms with E-state index in [4.69, 9.17) is 0 Å². The zero-order valence-corrected chi connectivity index (χ0v) is 11.3. The van der Waals surface area contributed by atoms with Gasteiger partial charge < -0.3 is 0 Å². The quantitative estimate of drug-likeness (QED) is 0.586. The molecule has 4 heteroatoms. The van der Waals surface area contributed by atoms with Crippen LogP contribution in [0.15, 0.2) is 36.4 Å². The van der Waals surface area contributed by atoms with E-state index in [9.17, 15) is 14.0 Å². The first-order valence-electron chi connectivity index (χ1n) is 7.45. The van der Waals surface area contributed by atoms with Crippen LogP contribution < -0.4 is 4.90 Å². The third kappa shape index (κ3) is 1.20. The third-order valence-corrected chi connectivity index (χ3v) is 5.94. The SMILES string of the molecule is O=C1[C@@H]2[C@@H](C(=O)N1c1ccc(F)cc1)[C@H]1C=C[C@H]2C12CC2. The first kappa shape index (κ1) is 11.7. The van der Waals surface area contributed by atoms with E-state index in [2.05, 4.69) is 12.2 Å². The fraction of sp³-hybridized carbons (Fsp3) is 0.412. The summed E-state index contributed by atoms with van der Waals surface area (Å²) >= 11 is 0. The Morgan fingerprint density at radius 1 is 0.952 bits per heavy atom. The molecule has 1 saturated heterocycles. The van der Waals surface area contributed by atoms with Crippen molar-refractivity contribution in [3.63, 3.8) is 0 Å². The first-order chi connectivity index (χ1) is 10.1. The van der Waals surface area contributed by atoms with Crippen LogP contribution in [0.5, 0.6) is 0 Å². The Balaban J connectivity index is 1.57. The predicted molar refractivity (Wildman–Crippen MR) is 73.7 cm³/mol. The Labute approximate surface area is 121 Å². The number of halogens is 1. The van der Waals surface area contributed by atoms with E-state index < -0.39 is 0 Å². The van der Waals surface area contributed by atoms with Crippen LogP contribution in [-0.4, -0.2) is 11.8 Å². The zero-order valence-electron chi connectivity index (χ0n) is 11.3. The number of amides is 2. The maximum absolute atomic E-state index is 13.0. The molecule has 3 nitrogen and oxygen atoms in total. The molecule has 4 aliphatic rings. The number of carbonyl (C=O) groups excluding carboxylic acids is 2. The number of benzene rings is 1. The molecule has 5 rings (SSSR count). The molecular formula is C17H14FNO2. The van der Waals surface area contributed by atoms with Crippen molar-refractivity contribution in [3.05, 3.63) is 42.2 Å². The van der Waals surface area contributed by atoms with E-state index in [-0.39, 0.29) is 46.7 Å². The topological polar surface area (TPSA) is 37.4 Å². The number of imide groups is 1. The molecule has 4 atom stereocenters. The number of anilines is 1. The minimum Gasteiger partial charge on any atom is -0.274 e. The van der Waals surface area contributed by atoms with Crippen LogP contribution >= 0.6 is 0 Å². The lowest BCUT2D eigenvalue weighted by Crippen LogP contribution is -2.34. The van der Waals surface area contributed by atoms with Gasteiger partial charge >= 0.3 is 0 Å². The summed E-state index contributed by atoms with van der Waals surface area (Å²) in [5.74, 6) is -0.486. The minimum absolute atomic E-state index is 0.0975. The molecule has 1 aromatic rings. The van der Waals surface area contributed by atoms with E-state index in [1.165, 1.54) is 29.2 Å². The smallest absolute Gasteiger partial charge is 0.238 e. The molecule has 2 bridgehead atoms. The predicted octanol–water partition coefficient (Wildman–Crippen LogP) is 2.53. The van der Waals surface area contributed by atoms with Crippen molar-refractivity contribution in [3.8, 4) is 0 Å². The average Bonchev–Trinajstić information content (AvgIpc) is 3.07. The maximum Gasteiger partial charge on any atom is 0.238 e. The number of hydrogen-bond donors (Lipinski definition) is 0. The van der Waals surface area contributed by atoms with Gasteiger partial charge in [-0.3, -0.25) is 14.5 Å². The van der Waals surface area contributed by atoms with Gasteiger partial charge in [-0.15, -0.1) is 0 Å². The molecule has 0 N–H and O–H groups in total. The number of nitrogens with zero attached hydrogens (tertiary/aromatic N) is 1. The molecule has 1 aromatic carbocycles. The number of fused-ring (bicyclic) bond motifs is 3. The number of carbonyl (C=O) groups is 2. The van der Waals surface area contributed by atoms with E-state index in [1.54, 1.807) is 0 Å². The highest BCUT2D eigenvalue weighted by atomic mass is 19.1. The first-order valence-corrected chi connectivity index (χ1v) is 7.45. The van der Waals surface area contributed by atoms with Crippen molar-refractivity contribution >= 4 is 17.5 Å². The van der Waals surface area contributed by atoms with Crippen LogP contribution in [0, 0.1) is 34.9 Å². The van der Waals surface area contributed by atoms with Crippen molar-refractivity contribution < 1.29 is 14.0 Å². The van der Waals surface area contributed by atoms with Crippen molar-refractivity contribution in [2.24, 2.45) is 29.1 Å². The highest BCUT2D eigenvalue weighted by molar-refractivity contribution is 6.23. The van der Waals surface area contributed by atoms with E-state index >= 15 is 0 Å². The fourth-order valence-corrected chi connectivity index (χ4v) is 4.92.